The van der Waals surface area contributed by atoms with Crippen molar-refractivity contribution in [3.8, 4) is 6.07 Å². The van der Waals surface area contributed by atoms with Crippen molar-refractivity contribution < 1.29 is 22.8 Å². The van der Waals surface area contributed by atoms with Crippen LogP contribution in [0.15, 0.2) is 18.2 Å². The van der Waals surface area contributed by atoms with Gasteiger partial charge in [-0.25, -0.2) is 13.2 Å². The minimum absolute atomic E-state index is 0.106. The summed E-state index contributed by atoms with van der Waals surface area (Å²) in [5.74, 6) is -4.07. The molecule has 1 saturated heterocycles. The topological polar surface area (TPSA) is 64.4 Å². The number of benzene rings is 1. The highest BCUT2D eigenvalue weighted by Gasteiger charge is 2.76. The number of hydrogen-bond donors (Lipinski definition) is 0. The Kier molecular flexibility index (Phi) is 4.18. The fourth-order valence-corrected chi connectivity index (χ4v) is 4.51. The van der Waals surface area contributed by atoms with Gasteiger partial charge in [0.05, 0.1) is 5.56 Å². The predicted octanol–water partition coefficient (Wildman–Crippen LogP) is 2.81. The quantitative estimate of drug-likeness (QED) is 0.779. The van der Waals surface area contributed by atoms with Crippen LogP contribution in [0.2, 0.25) is 0 Å². The first-order valence-corrected chi connectivity index (χ1v) is 9.35. The molecule has 3 fully saturated rings. The van der Waals surface area contributed by atoms with Gasteiger partial charge in [-0.3, -0.25) is 9.59 Å². The molecule has 3 aliphatic rings. The number of hydrogen-bond acceptors (Lipinski definition) is 3. The Morgan fingerprint density at radius 1 is 1.25 bits per heavy atom. The summed E-state index contributed by atoms with van der Waals surface area (Å²) in [5.41, 5.74) is -0.901. The second kappa shape index (κ2) is 6.23. The summed E-state index contributed by atoms with van der Waals surface area (Å²) in [6.07, 6.45) is 0.391. The molecule has 1 aromatic carbocycles. The summed E-state index contributed by atoms with van der Waals surface area (Å²) in [4.78, 5) is 28.6. The normalized spacial score (nSPS) is 30.5. The van der Waals surface area contributed by atoms with Crippen LogP contribution >= 0.6 is 0 Å². The van der Waals surface area contributed by atoms with E-state index >= 15 is 0 Å². The van der Waals surface area contributed by atoms with E-state index in [4.69, 9.17) is 5.26 Å². The third kappa shape index (κ3) is 2.84. The van der Waals surface area contributed by atoms with E-state index in [9.17, 15) is 22.8 Å². The summed E-state index contributed by atoms with van der Waals surface area (Å²) in [5, 5.41) is 8.93. The number of piperazine rings is 1. The zero-order chi connectivity index (χ0) is 20.3. The second-order valence-corrected chi connectivity index (χ2v) is 8.20. The average Bonchev–Trinajstić information content (AvgIpc) is 3.22. The lowest BCUT2D eigenvalue weighted by atomic mass is 9.70. The van der Waals surface area contributed by atoms with Crippen molar-refractivity contribution in [1.29, 1.82) is 5.26 Å². The van der Waals surface area contributed by atoms with Gasteiger partial charge in [-0.2, -0.15) is 5.26 Å². The zero-order valence-corrected chi connectivity index (χ0v) is 15.4. The van der Waals surface area contributed by atoms with E-state index in [-0.39, 0.29) is 54.2 Å². The highest BCUT2D eigenvalue weighted by molar-refractivity contribution is 5.95. The largest absolute Gasteiger partial charge is 0.339 e. The molecule has 1 unspecified atom stereocenters. The summed E-state index contributed by atoms with van der Waals surface area (Å²) in [6.45, 7) is 2.78. The Morgan fingerprint density at radius 3 is 2.50 bits per heavy atom. The van der Waals surface area contributed by atoms with E-state index in [1.807, 2.05) is 6.92 Å². The molecule has 5 nitrogen and oxygen atoms in total. The third-order valence-electron chi connectivity index (χ3n) is 6.37. The van der Waals surface area contributed by atoms with Gasteiger partial charge in [0.2, 0.25) is 5.91 Å². The smallest absolute Gasteiger partial charge is 0.254 e. The van der Waals surface area contributed by atoms with Crippen molar-refractivity contribution in [3.63, 3.8) is 0 Å². The lowest BCUT2D eigenvalue weighted by molar-refractivity contribution is -0.145. The summed E-state index contributed by atoms with van der Waals surface area (Å²) in [6, 6.07) is 5.11. The van der Waals surface area contributed by atoms with Crippen LogP contribution in [0.25, 0.3) is 0 Å². The molecule has 1 heterocycles. The summed E-state index contributed by atoms with van der Waals surface area (Å²) >= 11 is 0. The van der Waals surface area contributed by atoms with Gasteiger partial charge in [-0.05, 0) is 38.0 Å². The molecule has 0 bridgehead atoms. The fourth-order valence-electron chi connectivity index (χ4n) is 4.51. The molecule has 2 amide bonds. The maximum absolute atomic E-state index is 13.5. The van der Waals surface area contributed by atoms with Crippen LogP contribution in [0.4, 0.5) is 13.2 Å². The van der Waals surface area contributed by atoms with Gasteiger partial charge in [0.25, 0.3) is 11.8 Å². The molecule has 1 aliphatic heterocycles. The number of nitrogens with zero attached hydrogens (tertiary/aromatic N) is 3. The van der Waals surface area contributed by atoms with Gasteiger partial charge < -0.3 is 9.80 Å². The van der Waals surface area contributed by atoms with Crippen molar-refractivity contribution >= 4 is 11.8 Å². The first kappa shape index (κ1) is 18.8. The third-order valence-corrected chi connectivity index (χ3v) is 6.37. The molecule has 1 spiro atoms. The van der Waals surface area contributed by atoms with Gasteiger partial charge in [-0.15, -0.1) is 0 Å². The van der Waals surface area contributed by atoms with E-state index in [1.54, 1.807) is 15.9 Å². The molecule has 1 atom stereocenters. The standard InChI is InChI=1S/C20H20F3N3O2/c1-12-10-25(17(27)15-7-19(8-15)11-20(19,22)23)4-5-26(12)18(28)13-2-3-16(21)14(6-13)9-24/h2-3,6,12,15H,4-5,7-8,10-11H2,1H3. The lowest BCUT2D eigenvalue weighted by Crippen LogP contribution is -2.57. The minimum Gasteiger partial charge on any atom is -0.339 e. The number of carbonyl (C=O) groups excluding carboxylic acids is 2. The van der Waals surface area contributed by atoms with Crippen LogP contribution in [-0.2, 0) is 4.79 Å². The van der Waals surface area contributed by atoms with Crippen LogP contribution in [-0.4, -0.2) is 53.2 Å². The number of carbonyl (C=O) groups is 2. The fraction of sp³-hybridized carbons (Fsp3) is 0.550. The summed E-state index contributed by atoms with van der Waals surface area (Å²) in [7, 11) is 0. The van der Waals surface area contributed by atoms with Crippen molar-refractivity contribution in [2.24, 2.45) is 11.3 Å². The molecule has 148 valence electrons. The van der Waals surface area contributed by atoms with Gasteiger partial charge >= 0.3 is 0 Å². The molecular formula is C20H20F3N3O2. The second-order valence-electron chi connectivity index (χ2n) is 8.20. The molecule has 0 aromatic heterocycles. The molecule has 8 heteroatoms. The Hall–Kier alpha value is -2.56. The van der Waals surface area contributed by atoms with Gasteiger partial charge in [0.1, 0.15) is 11.9 Å². The minimum atomic E-state index is -2.61. The molecule has 0 radical (unpaired) electrons. The molecular weight excluding hydrogens is 371 g/mol. The van der Waals surface area contributed by atoms with Gasteiger partial charge in [0.15, 0.2) is 0 Å². The molecule has 4 rings (SSSR count). The number of halogens is 3. The van der Waals surface area contributed by atoms with Gasteiger partial charge in [0, 0.05) is 49.0 Å². The number of alkyl halides is 2. The van der Waals surface area contributed by atoms with Gasteiger partial charge in [-0.1, -0.05) is 0 Å². The van der Waals surface area contributed by atoms with E-state index in [1.165, 1.54) is 12.1 Å². The van der Waals surface area contributed by atoms with E-state index in [2.05, 4.69) is 0 Å². The monoisotopic (exact) mass is 391 g/mol. The Labute approximate surface area is 160 Å². The van der Waals surface area contributed by atoms with Crippen molar-refractivity contribution in [2.75, 3.05) is 19.6 Å². The maximum atomic E-state index is 13.5. The van der Waals surface area contributed by atoms with Crippen LogP contribution in [0, 0.1) is 28.5 Å². The SMILES string of the molecule is CC1CN(C(=O)C2CC3(C2)CC3(F)F)CCN1C(=O)c1ccc(F)c(C#N)c1. The molecule has 28 heavy (non-hydrogen) atoms. The number of amides is 2. The lowest BCUT2D eigenvalue weighted by Gasteiger charge is -2.44. The number of nitriles is 1. The summed E-state index contributed by atoms with van der Waals surface area (Å²) < 4.78 is 40.2. The van der Waals surface area contributed by atoms with E-state index in [0.717, 1.165) is 6.07 Å². The van der Waals surface area contributed by atoms with Crippen LogP contribution in [0.5, 0.6) is 0 Å². The van der Waals surface area contributed by atoms with E-state index < -0.39 is 17.2 Å². The van der Waals surface area contributed by atoms with Crippen molar-refractivity contribution in [3.05, 3.63) is 35.1 Å². The Bertz CT molecular complexity index is 889. The Balaban J connectivity index is 1.37. The highest BCUT2D eigenvalue weighted by atomic mass is 19.3. The Morgan fingerprint density at radius 2 is 1.93 bits per heavy atom. The van der Waals surface area contributed by atoms with Crippen molar-refractivity contribution in [2.45, 2.75) is 38.2 Å². The molecule has 1 aromatic rings. The predicted molar refractivity (Wildman–Crippen MR) is 92.9 cm³/mol. The van der Waals surface area contributed by atoms with E-state index in [0.29, 0.717) is 19.6 Å². The average molecular weight is 391 g/mol. The van der Waals surface area contributed by atoms with Crippen molar-refractivity contribution in [1.82, 2.24) is 9.80 Å². The molecule has 2 aliphatic carbocycles. The first-order chi connectivity index (χ1) is 13.2. The number of rotatable bonds is 2. The highest BCUT2D eigenvalue weighted by Crippen LogP contribution is 2.72. The maximum Gasteiger partial charge on any atom is 0.254 e. The molecule has 0 N–H and O–H groups in total. The first-order valence-electron chi connectivity index (χ1n) is 9.35. The van der Waals surface area contributed by atoms with Crippen LogP contribution in [0.3, 0.4) is 0 Å². The van der Waals surface area contributed by atoms with Crippen LogP contribution < -0.4 is 0 Å². The van der Waals surface area contributed by atoms with Crippen LogP contribution in [0.1, 0.15) is 42.1 Å². The zero-order valence-electron chi connectivity index (χ0n) is 15.4. The molecule has 2 saturated carbocycles.